The van der Waals surface area contributed by atoms with Gasteiger partial charge in [-0.3, -0.25) is 18.9 Å². The SMILES string of the molecule is CC1CN(C)Cc2c(c(OC3CC(S(C)=O)C3)nn2C)/C=C/c2[nH]nc3ccc(cc23)-c2cnn(C)c2O1. The van der Waals surface area contributed by atoms with Crippen molar-refractivity contribution in [3.63, 3.8) is 0 Å². The van der Waals surface area contributed by atoms with Crippen LogP contribution in [0.4, 0.5) is 0 Å². The molecule has 2 atom stereocenters. The van der Waals surface area contributed by atoms with E-state index in [-0.39, 0.29) is 17.5 Å². The number of likely N-dealkylation sites (N-methyl/N-ethyl adjacent to an activating group) is 1. The van der Waals surface area contributed by atoms with E-state index in [4.69, 9.17) is 14.6 Å². The molecule has 1 aliphatic heterocycles. The van der Waals surface area contributed by atoms with Crippen molar-refractivity contribution in [1.82, 2.24) is 34.7 Å². The Morgan fingerprint density at radius 2 is 1.97 bits per heavy atom. The molecule has 1 N–H and O–H groups in total. The maximum absolute atomic E-state index is 11.8. The molecule has 4 heterocycles. The number of fused-ring (bicyclic) bond motifs is 4. The summed E-state index contributed by atoms with van der Waals surface area (Å²) < 4.78 is 28.3. The summed E-state index contributed by atoms with van der Waals surface area (Å²) in [6.07, 6.45) is 9.26. The Hall–Kier alpha value is -3.44. The molecule has 0 spiro atoms. The van der Waals surface area contributed by atoms with Crippen molar-refractivity contribution in [1.29, 1.82) is 0 Å². The molecule has 0 radical (unpaired) electrons. The van der Waals surface area contributed by atoms with Crippen molar-refractivity contribution in [2.45, 2.75) is 43.8 Å². The van der Waals surface area contributed by atoms with Gasteiger partial charge in [-0.2, -0.15) is 10.2 Å². The van der Waals surface area contributed by atoms with E-state index < -0.39 is 10.8 Å². The zero-order chi connectivity index (χ0) is 26.6. The fourth-order valence-electron chi connectivity index (χ4n) is 5.28. The van der Waals surface area contributed by atoms with E-state index in [0.717, 1.165) is 57.7 Å². The van der Waals surface area contributed by atoms with Crippen molar-refractivity contribution in [3.05, 3.63) is 41.3 Å². The number of H-pyrrole nitrogens is 1. The lowest BCUT2D eigenvalue weighted by molar-refractivity contribution is 0.118. The van der Waals surface area contributed by atoms with E-state index in [0.29, 0.717) is 19.0 Å². The summed E-state index contributed by atoms with van der Waals surface area (Å²) in [4.78, 5) is 2.23. The van der Waals surface area contributed by atoms with Crippen molar-refractivity contribution >= 4 is 33.9 Å². The normalized spacial score (nSPS) is 23.6. The van der Waals surface area contributed by atoms with Gasteiger partial charge in [-0.15, -0.1) is 5.10 Å². The Bertz CT molecular complexity index is 1550. The van der Waals surface area contributed by atoms with Crippen molar-refractivity contribution in [2.75, 3.05) is 19.8 Å². The number of ether oxygens (including phenoxy) is 2. The van der Waals surface area contributed by atoms with Crippen LogP contribution in [0.5, 0.6) is 11.8 Å². The molecule has 10 nitrogen and oxygen atoms in total. The second-order valence-corrected chi connectivity index (χ2v) is 12.1. The maximum atomic E-state index is 11.8. The van der Waals surface area contributed by atoms with E-state index >= 15 is 0 Å². The highest BCUT2D eigenvalue weighted by Gasteiger charge is 2.35. The first-order chi connectivity index (χ1) is 18.3. The molecule has 38 heavy (non-hydrogen) atoms. The zero-order valence-corrected chi connectivity index (χ0v) is 23.2. The number of rotatable bonds is 3. The summed E-state index contributed by atoms with van der Waals surface area (Å²) in [5.41, 5.74) is 5.73. The van der Waals surface area contributed by atoms with E-state index in [1.165, 1.54) is 0 Å². The third-order valence-corrected chi connectivity index (χ3v) is 8.79. The van der Waals surface area contributed by atoms with Gasteiger partial charge in [0, 0.05) is 54.9 Å². The first kappa shape index (κ1) is 24.9. The molecule has 1 saturated carbocycles. The van der Waals surface area contributed by atoms with Crippen LogP contribution in [0.1, 0.15) is 36.7 Å². The maximum Gasteiger partial charge on any atom is 0.240 e. The predicted molar refractivity (Wildman–Crippen MR) is 148 cm³/mol. The van der Waals surface area contributed by atoms with Gasteiger partial charge in [-0.05, 0) is 56.7 Å². The van der Waals surface area contributed by atoms with Crippen molar-refractivity contribution < 1.29 is 13.7 Å². The number of benzene rings is 1. The molecule has 11 heteroatoms. The van der Waals surface area contributed by atoms with Crippen LogP contribution in [0.15, 0.2) is 24.4 Å². The molecule has 2 bridgehead atoms. The van der Waals surface area contributed by atoms with Crippen LogP contribution in [0, 0.1) is 0 Å². The summed E-state index contributed by atoms with van der Waals surface area (Å²) >= 11 is 0. The number of nitrogens with one attached hydrogen (secondary N) is 1. The molecular weight excluding hydrogens is 502 g/mol. The fourth-order valence-corrected chi connectivity index (χ4v) is 6.25. The number of nitrogens with zero attached hydrogens (tertiary/aromatic N) is 6. The van der Waals surface area contributed by atoms with Crippen LogP contribution in [0.2, 0.25) is 0 Å². The van der Waals surface area contributed by atoms with Crippen molar-refractivity contribution in [2.24, 2.45) is 14.1 Å². The second-order valence-electron chi connectivity index (χ2n) is 10.4. The largest absolute Gasteiger partial charge is 0.473 e. The lowest BCUT2D eigenvalue weighted by atomic mass is 9.95. The zero-order valence-electron chi connectivity index (χ0n) is 22.3. The molecule has 6 rings (SSSR count). The number of aromatic nitrogens is 6. The summed E-state index contributed by atoms with van der Waals surface area (Å²) in [5.74, 6) is 1.35. The molecule has 4 aromatic rings. The highest BCUT2D eigenvalue weighted by Crippen LogP contribution is 2.35. The average molecular weight is 536 g/mol. The number of hydrogen-bond acceptors (Lipinski definition) is 7. The molecule has 2 aliphatic rings. The van der Waals surface area contributed by atoms with Crippen LogP contribution in [0.25, 0.3) is 34.2 Å². The molecule has 1 aliphatic carbocycles. The number of aromatic amines is 1. The van der Waals surface area contributed by atoms with Gasteiger partial charge in [0.05, 0.1) is 34.2 Å². The van der Waals surface area contributed by atoms with Crippen LogP contribution >= 0.6 is 0 Å². The Labute approximate surface area is 224 Å². The van der Waals surface area contributed by atoms with Crippen LogP contribution < -0.4 is 9.47 Å². The third kappa shape index (κ3) is 4.54. The smallest absolute Gasteiger partial charge is 0.240 e. The topological polar surface area (TPSA) is 103 Å². The minimum absolute atomic E-state index is 0.0294. The first-order valence-corrected chi connectivity index (χ1v) is 14.5. The Balaban J connectivity index is 1.43. The van der Waals surface area contributed by atoms with Gasteiger partial charge < -0.3 is 9.47 Å². The minimum atomic E-state index is -0.823. The standard InChI is InChI=1S/C27H33N7O3S/c1-16-14-32(2)15-25-20(26(31-33(25)3)37-18-11-19(12-18)38(5)35)7-9-24-21-10-17(6-8-23(21)29-30-24)22-13-28-34(4)27(22)36-16/h6-10,13,16,18-19H,11-12,14-15H2,1-5H3,(H,29,30)/b9-7+. The molecule has 1 fully saturated rings. The van der Waals surface area contributed by atoms with Gasteiger partial charge in [0.15, 0.2) is 0 Å². The summed E-state index contributed by atoms with van der Waals surface area (Å²) in [6.45, 7) is 3.45. The summed E-state index contributed by atoms with van der Waals surface area (Å²) in [7, 11) is 5.11. The summed E-state index contributed by atoms with van der Waals surface area (Å²) in [5, 5.41) is 18.1. The third-order valence-electron chi connectivity index (χ3n) is 7.47. The van der Waals surface area contributed by atoms with Gasteiger partial charge in [-0.1, -0.05) is 6.07 Å². The van der Waals surface area contributed by atoms with Crippen LogP contribution in [0.3, 0.4) is 0 Å². The average Bonchev–Trinajstić information content (AvgIpc) is 3.49. The van der Waals surface area contributed by atoms with Gasteiger partial charge in [0.25, 0.3) is 0 Å². The van der Waals surface area contributed by atoms with E-state index in [1.54, 1.807) is 10.9 Å². The fraction of sp³-hybridized carbons (Fsp3) is 0.444. The molecule has 2 unspecified atom stereocenters. The van der Waals surface area contributed by atoms with E-state index in [2.05, 4.69) is 52.4 Å². The number of aryl methyl sites for hydroxylation is 2. The Morgan fingerprint density at radius 1 is 1.16 bits per heavy atom. The molecule has 200 valence electrons. The van der Waals surface area contributed by atoms with Gasteiger partial charge in [-0.25, -0.2) is 4.68 Å². The highest BCUT2D eigenvalue weighted by atomic mass is 32.2. The summed E-state index contributed by atoms with van der Waals surface area (Å²) in [6, 6.07) is 6.19. The molecule has 0 saturated heterocycles. The lowest BCUT2D eigenvalue weighted by Gasteiger charge is -2.33. The Kier molecular flexibility index (Phi) is 6.35. The van der Waals surface area contributed by atoms with Crippen molar-refractivity contribution in [3.8, 4) is 22.9 Å². The van der Waals surface area contributed by atoms with Crippen LogP contribution in [-0.2, 0) is 31.4 Å². The van der Waals surface area contributed by atoms with Gasteiger partial charge in [0.1, 0.15) is 12.2 Å². The van der Waals surface area contributed by atoms with Crippen LogP contribution in [-0.4, -0.2) is 76.2 Å². The lowest BCUT2D eigenvalue weighted by Crippen LogP contribution is -2.40. The quantitative estimate of drug-likeness (QED) is 0.429. The predicted octanol–water partition coefficient (Wildman–Crippen LogP) is 3.37. The van der Waals surface area contributed by atoms with Gasteiger partial charge in [0.2, 0.25) is 11.8 Å². The molecule has 3 aromatic heterocycles. The number of hydrogen-bond donors (Lipinski definition) is 1. The molecule has 0 amide bonds. The highest BCUT2D eigenvalue weighted by molar-refractivity contribution is 7.84. The Morgan fingerprint density at radius 3 is 2.76 bits per heavy atom. The first-order valence-electron chi connectivity index (χ1n) is 12.9. The monoisotopic (exact) mass is 535 g/mol. The molecule has 1 aromatic carbocycles. The minimum Gasteiger partial charge on any atom is -0.473 e. The molecular formula is C27H33N7O3S. The van der Waals surface area contributed by atoms with E-state index in [1.807, 2.05) is 37.1 Å². The van der Waals surface area contributed by atoms with Gasteiger partial charge >= 0.3 is 0 Å². The second kappa shape index (κ2) is 9.70. The van der Waals surface area contributed by atoms with E-state index in [9.17, 15) is 4.21 Å².